The van der Waals surface area contributed by atoms with Crippen LogP contribution in [0.2, 0.25) is 0 Å². The van der Waals surface area contributed by atoms with Gasteiger partial charge in [-0.2, -0.15) is 0 Å². The third-order valence-corrected chi connectivity index (χ3v) is 10.9. The molecule has 0 N–H and O–H groups in total. The molecule has 0 bridgehead atoms. The lowest BCUT2D eigenvalue weighted by Crippen LogP contribution is -2.48. The number of aryl methyl sites for hydroxylation is 2. The van der Waals surface area contributed by atoms with Crippen molar-refractivity contribution in [2.24, 2.45) is 10.8 Å². The standard InChI is InChI=1S/C39H48INO4/c1-23-13-24(2)15-25(14-23)22-45-37-28(40)16-26(17-33(37)44-7)34-35-29(18-38(3,4)20-31(35)42)41(27-11-9-8-10-12-27)30-19-39(5,6)21-32(43)36(30)34/h13-17,27,34H,8-12,18-22H2,1-7H3. The number of halogens is 1. The third kappa shape index (κ3) is 6.37. The van der Waals surface area contributed by atoms with E-state index in [0.717, 1.165) is 51.5 Å². The van der Waals surface area contributed by atoms with Gasteiger partial charge in [-0.05, 0) is 96.2 Å². The molecule has 2 aromatic carbocycles. The summed E-state index contributed by atoms with van der Waals surface area (Å²) >= 11 is 2.33. The zero-order valence-corrected chi connectivity index (χ0v) is 30.2. The number of carbonyl (C=O) groups is 2. The predicted molar refractivity (Wildman–Crippen MR) is 188 cm³/mol. The van der Waals surface area contributed by atoms with Gasteiger partial charge in [0.2, 0.25) is 0 Å². The zero-order valence-electron chi connectivity index (χ0n) is 28.1. The normalized spacial score (nSPS) is 22.0. The highest BCUT2D eigenvalue weighted by Crippen LogP contribution is 2.56. The lowest BCUT2D eigenvalue weighted by Gasteiger charge is -2.52. The Morgan fingerprint density at radius 1 is 0.800 bits per heavy atom. The summed E-state index contributed by atoms with van der Waals surface area (Å²) in [4.78, 5) is 31.1. The number of carbonyl (C=O) groups excluding carboxylic acids is 2. The molecule has 6 heteroatoms. The van der Waals surface area contributed by atoms with Crippen LogP contribution in [0.15, 0.2) is 52.9 Å². The molecule has 240 valence electrons. The number of hydrogen-bond acceptors (Lipinski definition) is 5. The molecule has 6 rings (SSSR count). The number of hydrogen-bond donors (Lipinski definition) is 0. The van der Waals surface area contributed by atoms with E-state index in [0.29, 0.717) is 37.0 Å². The molecular formula is C39H48INO4. The molecule has 1 saturated carbocycles. The summed E-state index contributed by atoms with van der Waals surface area (Å²) in [7, 11) is 1.67. The maximum atomic E-state index is 14.3. The Labute approximate surface area is 283 Å². The van der Waals surface area contributed by atoms with Crippen molar-refractivity contribution in [3.8, 4) is 11.5 Å². The molecule has 1 fully saturated rings. The molecule has 4 aliphatic rings. The molecule has 2 aromatic rings. The fourth-order valence-electron chi connectivity index (χ4n) is 8.46. The van der Waals surface area contributed by atoms with E-state index in [9.17, 15) is 9.59 Å². The Morgan fingerprint density at radius 2 is 1.36 bits per heavy atom. The number of nitrogens with zero attached hydrogens (tertiary/aromatic N) is 1. The van der Waals surface area contributed by atoms with E-state index in [-0.39, 0.29) is 22.4 Å². The van der Waals surface area contributed by atoms with Gasteiger partial charge in [-0.25, -0.2) is 0 Å². The van der Waals surface area contributed by atoms with E-state index in [2.05, 4.69) is 93.3 Å². The van der Waals surface area contributed by atoms with Gasteiger partial charge in [-0.3, -0.25) is 9.59 Å². The topological polar surface area (TPSA) is 55.8 Å². The molecule has 0 radical (unpaired) electrons. The summed E-state index contributed by atoms with van der Waals surface area (Å²) in [6.45, 7) is 13.5. The van der Waals surface area contributed by atoms with Gasteiger partial charge in [0.05, 0.1) is 10.7 Å². The van der Waals surface area contributed by atoms with Crippen molar-refractivity contribution in [2.45, 2.75) is 118 Å². The highest BCUT2D eigenvalue weighted by molar-refractivity contribution is 14.1. The van der Waals surface area contributed by atoms with Crippen LogP contribution in [0, 0.1) is 28.2 Å². The largest absolute Gasteiger partial charge is 0.493 e. The number of benzene rings is 2. The molecule has 1 heterocycles. The van der Waals surface area contributed by atoms with Crippen molar-refractivity contribution in [3.63, 3.8) is 0 Å². The smallest absolute Gasteiger partial charge is 0.174 e. The number of ketones is 2. The van der Waals surface area contributed by atoms with E-state index < -0.39 is 5.92 Å². The van der Waals surface area contributed by atoms with Crippen molar-refractivity contribution < 1.29 is 19.1 Å². The van der Waals surface area contributed by atoms with Crippen LogP contribution in [-0.4, -0.2) is 29.6 Å². The van der Waals surface area contributed by atoms with Crippen molar-refractivity contribution in [1.82, 2.24) is 4.90 Å². The van der Waals surface area contributed by atoms with Crippen molar-refractivity contribution >= 4 is 34.2 Å². The molecule has 0 atom stereocenters. The Balaban J connectivity index is 1.49. The van der Waals surface area contributed by atoms with E-state index in [1.807, 2.05) is 6.07 Å². The number of methoxy groups -OCH3 is 1. The lowest BCUT2D eigenvalue weighted by molar-refractivity contribution is -0.119. The second kappa shape index (κ2) is 12.2. The maximum Gasteiger partial charge on any atom is 0.174 e. The Kier molecular flexibility index (Phi) is 8.77. The molecule has 0 amide bonds. The Hall–Kier alpha value is -2.61. The number of Topliss-reactive ketones (excluding diaryl/α,β-unsaturated/α-hetero) is 2. The quantitative estimate of drug-likeness (QED) is 0.278. The van der Waals surface area contributed by atoms with Crippen molar-refractivity contribution in [1.29, 1.82) is 0 Å². The maximum absolute atomic E-state index is 14.3. The zero-order chi connectivity index (χ0) is 32.3. The van der Waals surface area contributed by atoms with E-state index in [1.54, 1.807) is 7.11 Å². The number of rotatable bonds is 6. The third-order valence-electron chi connectivity index (χ3n) is 10.1. The first-order valence-electron chi connectivity index (χ1n) is 16.7. The highest BCUT2D eigenvalue weighted by atomic mass is 127. The van der Waals surface area contributed by atoms with Gasteiger partial charge in [-0.15, -0.1) is 0 Å². The van der Waals surface area contributed by atoms with E-state index in [1.165, 1.54) is 41.8 Å². The second-order valence-electron chi connectivity index (χ2n) is 15.5. The average Bonchev–Trinajstić information content (AvgIpc) is 2.93. The van der Waals surface area contributed by atoms with Crippen LogP contribution in [0.5, 0.6) is 11.5 Å². The summed E-state index contributed by atoms with van der Waals surface area (Å²) in [6.07, 6.45) is 8.56. The molecule has 0 spiro atoms. The minimum Gasteiger partial charge on any atom is -0.493 e. The molecule has 0 saturated heterocycles. The minimum absolute atomic E-state index is 0.127. The molecule has 0 aromatic heterocycles. The first-order chi connectivity index (χ1) is 21.3. The van der Waals surface area contributed by atoms with Crippen molar-refractivity contribution in [2.75, 3.05) is 7.11 Å². The molecule has 3 aliphatic carbocycles. The Bertz CT molecular complexity index is 1530. The van der Waals surface area contributed by atoms with E-state index in [4.69, 9.17) is 9.47 Å². The fraction of sp³-hybridized carbons (Fsp3) is 0.538. The van der Waals surface area contributed by atoms with Crippen LogP contribution in [-0.2, 0) is 16.2 Å². The van der Waals surface area contributed by atoms with Crippen molar-refractivity contribution in [3.05, 3.63) is 78.7 Å². The SMILES string of the molecule is COc1cc(C2C3=C(CC(C)(C)CC3=O)N(C3CCCCC3)C3=C2C(=O)CC(C)(C)C3)cc(I)c1OCc1cc(C)cc(C)c1. The van der Waals surface area contributed by atoms with Crippen LogP contribution in [0.25, 0.3) is 0 Å². The first kappa shape index (κ1) is 32.3. The van der Waals surface area contributed by atoms with Crippen LogP contribution >= 0.6 is 22.6 Å². The second-order valence-corrected chi connectivity index (χ2v) is 16.7. The summed E-state index contributed by atoms with van der Waals surface area (Å²) in [5, 5.41) is 0. The highest BCUT2D eigenvalue weighted by Gasteiger charge is 2.50. The first-order valence-corrected chi connectivity index (χ1v) is 17.7. The summed E-state index contributed by atoms with van der Waals surface area (Å²) < 4.78 is 13.3. The van der Waals surface area contributed by atoms with Gasteiger partial charge in [0.25, 0.3) is 0 Å². The van der Waals surface area contributed by atoms with E-state index >= 15 is 0 Å². The number of ether oxygens (including phenoxy) is 2. The van der Waals surface area contributed by atoms with Gasteiger partial charge < -0.3 is 14.4 Å². The molecule has 1 aliphatic heterocycles. The lowest BCUT2D eigenvalue weighted by atomic mass is 9.63. The molecule has 45 heavy (non-hydrogen) atoms. The predicted octanol–water partition coefficient (Wildman–Crippen LogP) is 9.51. The van der Waals surface area contributed by atoms with Gasteiger partial charge in [0.15, 0.2) is 23.1 Å². The molecule has 5 nitrogen and oxygen atoms in total. The van der Waals surface area contributed by atoms with Gasteiger partial charge in [-0.1, -0.05) is 76.3 Å². The monoisotopic (exact) mass is 721 g/mol. The van der Waals surface area contributed by atoms with Gasteiger partial charge in [0, 0.05) is 47.3 Å². The summed E-state index contributed by atoms with van der Waals surface area (Å²) in [6, 6.07) is 10.9. The number of allylic oxidation sites excluding steroid dienone is 4. The van der Waals surface area contributed by atoms with Crippen LogP contribution in [0.4, 0.5) is 0 Å². The molecular weight excluding hydrogens is 673 g/mol. The summed E-state index contributed by atoms with van der Waals surface area (Å²) in [5.74, 6) is 1.29. The van der Waals surface area contributed by atoms with Crippen LogP contribution < -0.4 is 9.47 Å². The van der Waals surface area contributed by atoms with Gasteiger partial charge >= 0.3 is 0 Å². The van der Waals surface area contributed by atoms with Crippen LogP contribution in [0.3, 0.4) is 0 Å². The molecule has 0 unspecified atom stereocenters. The van der Waals surface area contributed by atoms with Crippen LogP contribution in [0.1, 0.15) is 114 Å². The fourth-order valence-corrected chi connectivity index (χ4v) is 9.24. The summed E-state index contributed by atoms with van der Waals surface area (Å²) in [5.41, 5.74) is 8.23. The Morgan fingerprint density at radius 3 is 1.89 bits per heavy atom. The average molecular weight is 722 g/mol. The van der Waals surface area contributed by atoms with Gasteiger partial charge in [0.1, 0.15) is 6.61 Å². The minimum atomic E-state index is -0.391.